The lowest BCUT2D eigenvalue weighted by atomic mass is 10.1. The predicted octanol–water partition coefficient (Wildman–Crippen LogP) is 3.85. The van der Waals surface area contributed by atoms with Crippen molar-refractivity contribution in [3.8, 4) is 0 Å². The summed E-state index contributed by atoms with van der Waals surface area (Å²) >= 11 is 0. The van der Waals surface area contributed by atoms with Gasteiger partial charge in [0.2, 0.25) is 5.91 Å². The fourth-order valence-corrected chi connectivity index (χ4v) is 3.38. The van der Waals surface area contributed by atoms with Gasteiger partial charge in [0.1, 0.15) is 5.82 Å². The Hall–Kier alpha value is -2.36. The van der Waals surface area contributed by atoms with E-state index in [0.717, 1.165) is 24.9 Å². The number of amides is 1. The lowest BCUT2D eigenvalue weighted by molar-refractivity contribution is -0.121. The van der Waals surface area contributed by atoms with Crippen molar-refractivity contribution in [1.29, 1.82) is 0 Å². The molecule has 0 saturated carbocycles. The van der Waals surface area contributed by atoms with Crippen molar-refractivity contribution in [3.05, 3.63) is 65.5 Å². The van der Waals surface area contributed by atoms with Crippen LogP contribution in [0.25, 0.3) is 0 Å². The molecule has 0 aliphatic carbocycles. The molecule has 1 fully saturated rings. The van der Waals surface area contributed by atoms with Gasteiger partial charge in [0, 0.05) is 31.2 Å². The molecule has 132 valence electrons. The number of hydrogen-bond donors (Lipinski definition) is 1. The Morgan fingerprint density at radius 2 is 2.04 bits per heavy atom. The first kappa shape index (κ1) is 17.5. The Labute approximate surface area is 148 Å². The highest BCUT2D eigenvalue weighted by atomic mass is 19.1. The first-order valence-corrected chi connectivity index (χ1v) is 8.97. The molecular weight excluding hydrogens is 315 g/mol. The Balaban J connectivity index is 1.47. The number of anilines is 1. The first-order valence-electron chi connectivity index (χ1n) is 8.97. The van der Waals surface area contributed by atoms with Crippen molar-refractivity contribution in [2.24, 2.45) is 0 Å². The summed E-state index contributed by atoms with van der Waals surface area (Å²) in [6, 6.07) is 15.9. The third-order valence-electron chi connectivity index (χ3n) is 4.88. The van der Waals surface area contributed by atoms with Crippen LogP contribution in [0.2, 0.25) is 0 Å². The average Bonchev–Trinajstić information content (AvgIpc) is 3.10. The number of carbonyl (C=O) groups excluding carboxylic acids is 1. The fraction of sp³-hybridized carbons (Fsp3) is 0.381. The molecule has 3 nitrogen and oxygen atoms in total. The maximum atomic E-state index is 13.6. The monoisotopic (exact) mass is 340 g/mol. The maximum absolute atomic E-state index is 13.6. The second-order valence-electron chi connectivity index (χ2n) is 6.71. The molecule has 1 heterocycles. The molecule has 0 radical (unpaired) electrons. The summed E-state index contributed by atoms with van der Waals surface area (Å²) in [5.74, 6) is -0.178. The van der Waals surface area contributed by atoms with Crippen LogP contribution >= 0.6 is 0 Å². The molecular formula is C21H25FN2O. The SMILES string of the molecule is Cc1ccc(CCC(=O)NCC2CCCN2c2ccccc2)cc1F. The van der Waals surface area contributed by atoms with E-state index in [1.807, 2.05) is 24.3 Å². The second kappa shape index (κ2) is 8.15. The van der Waals surface area contributed by atoms with E-state index in [0.29, 0.717) is 31.0 Å². The van der Waals surface area contributed by atoms with Crippen LogP contribution in [0, 0.1) is 12.7 Å². The van der Waals surface area contributed by atoms with Gasteiger partial charge in [-0.2, -0.15) is 0 Å². The lowest BCUT2D eigenvalue weighted by Crippen LogP contribution is -2.40. The topological polar surface area (TPSA) is 32.3 Å². The number of halogens is 1. The highest BCUT2D eigenvalue weighted by molar-refractivity contribution is 5.76. The molecule has 1 N–H and O–H groups in total. The third kappa shape index (κ3) is 4.59. The maximum Gasteiger partial charge on any atom is 0.220 e. The van der Waals surface area contributed by atoms with Crippen LogP contribution in [0.1, 0.15) is 30.4 Å². The summed E-state index contributed by atoms with van der Waals surface area (Å²) in [5.41, 5.74) is 2.72. The number of aryl methyl sites for hydroxylation is 2. The van der Waals surface area contributed by atoms with Crippen molar-refractivity contribution in [2.75, 3.05) is 18.0 Å². The molecule has 3 rings (SSSR count). The van der Waals surface area contributed by atoms with Crippen LogP contribution in [0.15, 0.2) is 48.5 Å². The van der Waals surface area contributed by atoms with E-state index in [1.54, 1.807) is 13.0 Å². The standard InChI is InChI=1S/C21H25FN2O/c1-16-9-10-17(14-20(16)22)11-12-21(25)23-15-19-8-5-13-24(19)18-6-3-2-4-7-18/h2-4,6-7,9-10,14,19H,5,8,11-13,15H2,1H3,(H,23,25). The summed E-state index contributed by atoms with van der Waals surface area (Å²) < 4.78 is 13.6. The van der Waals surface area contributed by atoms with Gasteiger partial charge in [-0.25, -0.2) is 4.39 Å². The van der Waals surface area contributed by atoms with E-state index in [4.69, 9.17) is 0 Å². The van der Waals surface area contributed by atoms with Crippen LogP contribution in [0.4, 0.5) is 10.1 Å². The molecule has 1 aliphatic rings. The van der Waals surface area contributed by atoms with E-state index in [1.165, 1.54) is 11.8 Å². The number of nitrogens with one attached hydrogen (secondary N) is 1. The van der Waals surface area contributed by atoms with Gasteiger partial charge in [-0.1, -0.05) is 30.3 Å². The van der Waals surface area contributed by atoms with Crippen LogP contribution in [-0.4, -0.2) is 25.0 Å². The highest BCUT2D eigenvalue weighted by Gasteiger charge is 2.24. The van der Waals surface area contributed by atoms with E-state index < -0.39 is 0 Å². The Morgan fingerprint density at radius 1 is 1.24 bits per heavy atom. The third-order valence-corrected chi connectivity index (χ3v) is 4.88. The molecule has 1 atom stereocenters. The quantitative estimate of drug-likeness (QED) is 0.866. The summed E-state index contributed by atoms with van der Waals surface area (Å²) in [6.45, 7) is 3.44. The molecule has 1 aliphatic heterocycles. The van der Waals surface area contributed by atoms with E-state index >= 15 is 0 Å². The molecule has 2 aromatic carbocycles. The molecule has 0 spiro atoms. The van der Waals surface area contributed by atoms with Crippen LogP contribution in [0.3, 0.4) is 0 Å². The van der Waals surface area contributed by atoms with Crippen molar-refractivity contribution in [3.63, 3.8) is 0 Å². The Bertz CT molecular complexity index is 717. The van der Waals surface area contributed by atoms with Gasteiger partial charge in [0.25, 0.3) is 0 Å². The number of carbonyl (C=O) groups is 1. The van der Waals surface area contributed by atoms with Gasteiger partial charge < -0.3 is 10.2 Å². The highest BCUT2D eigenvalue weighted by Crippen LogP contribution is 2.24. The number of rotatable bonds is 6. The largest absolute Gasteiger partial charge is 0.367 e. The summed E-state index contributed by atoms with van der Waals surface area (Å²) in [5, 5.41) is 3.05. The minimum atomic E-state index is -0.206. The summed E-state index contributed by atoms with van der Waals surface area (Å²) in [6.07, 6.45) is 3.20. The number of benzene rings is 2. The first-order chi connectivity index (χ1) is 12.1. The number of nitrogens with zero attached hydrogens (tertiary/aromatic N) is 1. The molecule has 25 heavy (non-hydrogen) atoms. The van der Waals surface area contributed by atoms with Gasteiger partial charge in [0.05, 0.1) is 0 Å². The lowest BCUT2D eigenvalue weighted by Gasteiger charge is -2.27. The van der Waals surface area contributed by atoms with Gasteiger partial charge in [0.15, 0.2) is 0 Å². The van der Waals surface area contributed by atoms with Crippen molar-refractivity contribution >= 4 is 11.6 Å². The van der Waals surface area contributed by atoms with E-state index in [-0.39, 0.29) is 11.7 Å². The van der Waals surface area contributed by atoms with E-state index in [9.17, 15) is 9.18 Å². The average molecular weight is 340 g/mol. The Morgan fingerprint density at radius 3 is 2.80 bits per heavy atom. The van der Waals surface area contributed by atoms with E-state index in [2.05, 4.69) is 22.3 Å². The van der Waals surface area contributed by atoms with Crippen LogP contribution in [-0.2, 0) is 11.2 Å². The molecule has 2 aromatic rings. The fourth-order valence-electron chi connectivity index (χ4n) is 3.38. The van der Waals surface area contributed by atoms with Crippen molar-refractivity contribution in [1.82, 2.24) is 5.32 Å². The normalized spacial score (nSPS) is 16.9. The van der Waals surface area contributed by atoms with Gasteiger partial charge >= 0.3 is 0 Å². The van der Waals surface area contributed by atoms with Gasteiger partial charge in [-0.05, 0) is 55.5 Å². The molecule has 1 unspecified atom stereocenters. The summed E-state index contributed by atoms with van der Waals surface area (Å²) in [7, 11) is 0. The Kier molecular flexibility index (Phi) is 5.69. The van der Waals surface area contributed by atoms with Gasteiger partial charge in [-0.3, -0.25) is 4.79 Å². The minimum absolute atomic E-state index is 0.0286. The van der Waals surface area contributed by atoms with Crippen LogP contribution in [0.5, 0.6) is 0 Å². The summed E-state index contributed by atoms with van der Waals surface area (Å²) in [4.78, 5) is 14.5. The zero-order chi connectivity index (χ0) is 17.6. The molecule has 0 bridgehead atoms. The van der Waals surface area contributed by atoms with Crippen molar-refractivity contribution in [2.45, 2.75) is 38.6 Å². The molecule has 0 aromatic heterocycles. The molecule has 1 saturated heterocycles. The number of para-hydroxylation sites is 1. The minimum Gasteiger partial charge on any atom is -0.367 e. The predicted molar refractivity (Wildman–Crippen MR) is 99.3 cm³/mol. The molecule has 4 heteroatoms. The van der Waals surface area contributed by atoms with Crippen LogP contribution < -0.4 is 10.2 Å². The van der Waals surface area contributed by atoms with Crippen molar-refractivity contribution < 1.29 is 9.18 Å². The second-order valence-corrected chi connectivity index (χ2v) is 6.71. The number of hydrogen-bond acceptors (Lipinski definition) is 2. The smallest absolute Gasteiger partial charge is 0.220 e. The molecule has 1 amide bonds. The zero-order valence-corrected chi connectivity index (χ0v) is 14.7. The zero-order valence-electron chi connectivity index (χ0n) is 14.7. The van der Waals surface area contributed by atoms with Gasteiger partial charge in [-0.15, -0.1) is 0 Å².